The predicted octanol–water partition coefficient (Wildman–Crippen LogP) is 4.77. The van der Waals surface area contributed by atoms with Crippen molar-refractivity contribution >= 4 is 23.4 Å². The van der Waals surface area contributed by atoms with E-state index in [0.717, 1.165) is 11.4 Å². The van der Waals surface area contributed by atoms with Crippen molar-refractivity contribution < 1.29 is 14.6 Å². The zero-order chi connectivity index (χ0) is 22.3. The van der Waals surface area contributed by atoms with Crippen LogP contribution in [0, 0.1) is 0 Å². The number of nitrogens with one attached hydrogen (secondary N) is 1. The topological polar surface area (TPSA) is 89.3 Å². The van der Waals surface area contributed by atoms with Gasteiger partial charge < -0.3 is 15.2 Å². The molecule has 162 valence electrons. The Bertz CT molecular complexity index is 1190. The molecule has 0 aliphatic rings. The van der Waals surface area contributed by atoms with E-state index in [1.54, 1.807) is 30.3 Å². The number of benzene rings is 3. The van der Waals surface area contributed by atoms with Crippen LogP contribution in [0.2, 0.25) is 0 Å². The summed E-state index contributed by atoms with van der Waals surface area (Å²) >= 11 is 1.27. The van der Waals surface area contributed by atoms with Gasteiger partial charge in [-0.15, -0.1) is 10.2 Å². The molecular formula is C24H22N4O3S. The maximum Gasteiger partial charge on any atom is 0.234 e. The molecule has 1 heterocycles. The predicted molar refractivity (Wildman–Crippen MR) is 125 cm³/mol. The van der Waals surface area contributed by atoms with Gasteiger partial charge in [0, 0.05) is 11.4 Å². The number of thioether (sulfide) groups is 1. The molecule has 4 rings (SSSR count). The number of aromatic nitrogens is 3. The molecule has 0 fully saturated rings. The third-order valence-corrected chi connectivity index (χ3v) is 5.50. The molecule has 1 aromatic heterocycles. The van der Waals surface area contributed by atoms with Crippen LogP contribution in [0.15, 0.2) is 84.0 Å². The molecule has 0 unspecified atom stereocenters. The fraction of sp³-hybridized carbons (Fsp3) is 0.125. The van der Waals surface area contributed by atoms with E-state index in [2.05, 4.69) is 15.5 Å². The maximum absolute atomic E-state index is 12.5. The summed E-state index contributed by atoms with van der Waals surface area (Å²) in [7, 11) is 0. The van der Waals surface area contributed by atoms with E-state index in [1.165, 1.54) is 11.8 Å². The Balaban J connectivity index is 1.53. The maximum atomic E-state index is 12.5. The molecule has 1 amide bonds. The van der Waals surface area contributed by atoms with Gasteiger partial charge in [-0.2, -0.15) is 0 Å². The first-order chi connectivity index (χ1) is 15.7. The van der Waals surface area contributed by atoms with E-state index in [9.17, 15) is 9.90 Å². The van der Waals surface area contributed by atoms with Crippen molar-refractivity contribution in [2.75, 3.05) is 17.7 Å². The van der Waals surface area contributed by atoms with Crippen LogP contribution >= 0.6 is 11.8 Å². The van der Waals surface area contributed by atoms with E-state index in [-0.39, 0.29) is 17.4 Å². The van der Waals surface area contributed by atoms with Crippen LogP contribution in [-0.4, -0.2) is 38.1 Å². The number of carbonyl (C=O) groups excluding carboxylic acids is 1. The minimum Gasteiger partial charge on any atom is -0.507 e. The summed E-state index contributed by atoms with van der Waals surface area (Å²) in [5, 5.41) is 22.3. The van der Waals surface area contributed by atoms with Gasteiger partial charge in [-0.1, -0.05) is 42.1 Å². The van der Waals surface area contributed by atoms with Gasteiger partial charge in [-0.25, -0.2) is 0 Å². The quantitative estimate of drug-likeness (QED) is 0.379. The minimum atomic E-state index is -0.161. The number of ether oxygens (including phenoxy) is 1. The number of para-hydroxylation sites is 2. The largest absolute Gasteiger partial charge is 0.507 e. The zero-order valence-corrected chi connectivity index (χ0v) is 18.2. The number of anilines is 1. The Labute approximate surface area is 190 Å². The normalized spacial score (nSPS) is 10.7. The summed E-state index contributed by atoms with van der Waals surface area (Å²) in [5.74, 6) is 1.36. The highest BCUT2D eigenvalue weighted by molar-refractivity contribution is 7.99. The molecule has 0 aliphatic heterocycles. The monoisotopic (exact) mass is 446 g/mol. The molecule has 0 aliphatic carbocycles. The third kappa shape index (κ3) is 4.92. The van der Waals surface area contributed by atoms with Crippen LogP contribution in [-0.2, 0) is 4.79 Å². The lowest BCUT2D eigenvalue weighted by Crippen LogP contribution is -2.14. The van der Waals surface area contributed by atoms with Gasteiger partial charge in [0.25, 0.3) is 0 Å². The van der Waals surface area contributed by atoms with E-state index in [0.29, 0.717) is 28.8 Å². The number of phenols is 1. The van der Waals surface area contributed by atoms with Crippen molar-refractivity contribution in [2.24, 2.45) is 0 Å². The van der Waals surface area contributed by atoms with Gasteiger partial charge in [0.15, 0.2) is 11.0 Å². The SMILES string of the molecule is CCOc1ccc(NC(=O)CSc2nnc(-c3ccccc3O)n2-c2ccccc2)cc1. The van der Waals surface area contributed by atoms with E-state index in [1.807, 2.05) is 60.0 Å². The smallest absolute Gasteiger partial charge is 0.234 e. The number of aromatic hydroxyl groups is 1. The second-order valence-corrected chi connectivity index (χ2v) is 7.73. The molecule has 8 heteroatoms. The molecule has 7 nitrogen and oxygen atoms in total. The standard InChI is InChI=1S/C24H22N4O3S/c1-2-31-19-14-12-17(13-15-19)25-22(30)16-32-24-27-26-23(20-10-6-7-11-21(20)29)28(24)18-8-4-3-5-9-18/h3-15,29H,2,16H2,1H3,(H,25,30). The van der Waals surface area contributed by atoms with Gasteiger partial charge in [-0.05, 0) is 55.5 Å². The minimum absolute atomic E-state index is 0.113. The number of carbonyl (C=O) groups is 1. The summed E-state index contributed by atoms with van der Waals surface area (Å²) in [5.41, 5.74) is 2.10. The lowest BCUT2D eigenvalue weighted by molar-refractivity contribution is -0.113. The molecule has 3 aromatic carbocycles. The average molecular weight is 447 g/mol. The molecule has 0 saturated carbocycles. The molecule has 2 N–H and O–H groups in total. The Morgan fingerprint density at radius 2 is 1.72 bits per heavy atom. The van der Waals surface area contributed by atoms with Gasteiger partial charge in [-0.3, -0.25) is 9.36 Å². The van der Waals surface area contributed by atoms with Crippen molar-refractivity contribution in [3.63, 3.8) is 0 Å². The Morgan fingerprint density at radius 1 is 1.00 bits per heavy atom. The summed E-state index contributed by atoms with van der Waals surface area (Å²) in [6.45, 7) is 2.51. The Kier molecular flexibility index (Phi) is 6.72. The first kappa shape index (κ1) is 21.5. The van der Waals surface area contributed by atoms with Crippen LogP contribution in [0.25, 0.3) is 17.1 Å². The fourth-order valence-electron chi connectivity index (χ4n) is 3.14. The molecule has 0 saturated heterocycles. The number of amides is 1. The third-order valence-electron chi connectivity index (χ3n) is 4.57. The van der Waals surface area contributed by atoms with Crippen LogP contribution in [0.4, 0.5) is 5.69 Å². The number of phenolic OH excluding ortho intramolecular Hbond substituents is 1. The summed E-state index contributed by atoms with van der Waals surface area (Å²) in [6.07, 6.45) is 0. The second kappa shape index (κ2) is 10.0. The molecule has 0 spiro atoms. The van der Waals surface area contributed by atoms with Crippen molar-refractivity contribution in [2.45, 2.75) is 12.1 Å². The highest BCUT2D eigenvalue weighted by Gasteiger charge is 2.19. The van der Waals surface area contributed by atoms with Crippen LogP contribution in [0.5, 0.6) is 11.5 Å². The molecule has 0 radical (unpaired) electrons. The highest BCUT2D eigenvalue weighted by atomic mass is 32.2. The van der Waals surface area contributed by atoms with Crippen molar-refractivity contribution in [3.8, 4) is 28.6 Å². The number of nitrogens with zero attached hydrogens (tertiary/aromatic N) is 3. The fourth-order valence-corrected chi connectivity index (χ4v) is 3.89. The summed E-state index contributed by atoms with van der Waals surface area (Å²) in [6, 6.07) is 23.8. The first-order valence-corrected chi connectivity index (χ1v) is 11.1. The van der Waals surface area contributed by atoms with Crippen molar-refractivity contribution in [1.29, 1.82) is 0 Å². The van der Waals surface area contributed by atoms with Crippen LogP contribution in [0.1, 0.15) is 6.92 Å². The molecule has 4 aromatic rings. The highest BCUT2D eigenvalue weighted by Crippen LogP contribution is 2.32. The van der Waals surface area contributed by atoms with Crippen molar-refractivity contribution in [3.05, 3.63) is 78.9 Å². The zero-order valence-electron chi connectivity index (χ0n) is 17.4. The Morgan fingerprint density at radius 3 is 2.44 bits per heavy atom. The van der Waals surface area contributed by atoms with Gasteiger partial charge in [0.05, 0.1) is 17.9 Å². The van der Waals surface area contributed by atoms with Crippen LogP contribution < -0.4 is 10.1 Å². The van der Waals surface area contributed by atoms with Crippen LogP contribution in [0.3, 0.4) is 0 Å². The van der Waals surface area contributed by atoms with Crippen molar-refractivity contribution in [1.82, 2.24) is 14.8 Å². The first-order valence-electron chi connectivity index (χ1n) is 10.1. The summed E-state index contributed by atoms with van der Waals surface area (Å²) < 4.78 is 7.26. The molecular weight excluding hydrogens is 424 g/mol. The van der Waals surface area contributed by atoms with Gasteiger partial charge in [0.2, 0.25) is 5.91 Å². The number of hydrogen-bond acceptors (Lipinski definition) is 6. The average Bonchev–Trinajstić information content (AvgIpc) is 3.24. The van der Waals surface area contributed by atoms with E-state index < -0.39 is 0 Å². The molecule has 32 heavy (non-hydrogen) atoms. The second-order valence-electron chi connectivity index (χ2n) is 6.79. The van der Waals surface area contributed by atoms with E-state index in [4.69, 9.17) is 4.74 Å². The Hall–Kier alpha value is -3.78. The summed E-state index contributed by atoms with van der Waals surface area (Å²) in [4.78, 5) is 12.5. The lowest BCUT2D eigenvalue weighted by atomic mass is 10.2. The van der Waals surface area contributed by atoms with Gasteiger partial charge >= 0.3 is 0 Å². The number of hydrogen-bond donors (Lipinski definition) is 2. The van der Waals surface area contributed by atoms with Gasteiger partial charge in [0.1, 0.15) is 11.5 Å². The van der Waals surface area contributed by atoms with E-state index >= 15 is 0 Å². The number of rotatable bonds is 8. The lowest BCUT2D eigenvalue weighted by Gasteiger charge is -2.11. The molecule has 0 bridgehead atoms. The molecule has 0 atom stereocenters.